The molecule has 1 aliphatic heterocycles. The van der Waals surface area contributed by atoms with Crippen LogP contribution in [0.25, 0.3) is 0 Å². The number of carbonyl (C=O) groups excluding carboxylic acids is 1. The van der Waals surface area contributed by atoms with E-state index in [1.807, 2.05) is 0 Å². The van der Waals surface area contributed by atoms with Crippen LogP contribution >= 0.6 is 0 Å². The number of likely N-dealkylation sites (tertiary alicyclic amines) is 1. The maximum atomic E-state index is 11.5. The third-order valence-corrected chi connectivity index (χ3v) is 2.27. The molecule has 0 radical (unpaired) electrons. The SMILES string of the molecule is CN(CC(=O)O)CC(=O)N1CCCC1. The first-order valence-electron chi connectivity index (χ1n) is 4.77. The minimum absolute atomic E-state index is 0.0336. The average Bonchev–Trinajstić information content (AvgIpc) is 2.53. The van der Waals surface area contributed by atoms with E-state index in [1.165, 1.54) is 4.90 Å². The fourth-order valence-electron chi connectivity index (χ4n) is 1.58. The number of likely N-dealkylation sites (N-methyl/N-ethyl adjacent to an activating group) is 1. The summed E-state index contributed by atoms with van der Waals surface area (Å²) in [5.74, 6) is -0.868. The van der Waals surface area contributed by atoms with Crippen molar-refractivity contribution in [1.29, 1.82) is 0 Å². The third-order valence-electron chi connectivity index (χ3n) is 2.27. The van der Waals surface area contributed by atoms with E-state index in [4.69, 9.17) is 5.11 Å². The molecule has 0 spiro atoms. The predicted octanol–water partition coefficient (Wildman–Crippen LogP) is -0.375. The van der Waals surface area contributed by atoms with Crippen molar-refractivity contribution >= 4 is 11.9 Å². The Morgan fingerprint density at radius 3 is 2.36 bits per heavy atom. The molecule has 1 rings (SSSR count). The first-order valence-corrected chi connectivity index (χ1v) is 4.77. The van der Waals surface area contributed by atoms with Crippen LogP contribution in [0.3, 0.4) is 0 Å². The van der Waals surface area contributed by atoms with E-state index in [2.05, 4.69) is 0 Å². The number of nitrogens with zero attached hydrogens (tertiary/aromatic N) is 2. The zero-order valence-electron chi connectivity index (χ0n) is 8.40. The van der Waals surface area contributed by atoms with E-state index < -0.39 is 5.97 Å². The normalized spacial score (nSPS) is 16.3. The second-order valence-corrected chi connectivity index (χ2v) is 3.65. The van der Waals surface area contributed by atoms with E-state index in [0.29, 0.717) is 0 Å². The van der Waals surface area contributed by atoms with Crippen LogP contribution in [0.1, 0.15) is 12.8 Å². The molecule has 0 unspecified atom stereocenters. The number of hydrogen-bond acceptors (Lipinski definition) is 3. The number of carboxylic acids is 1. The highest BCUT2D eigenvalue weighted by Gasteiger charge is 2.19. The lowest BCUT2D eigenvalue weighted by molar-refractivity contribution is -0.139. The van der Waals surface area contributed by atoms with Crippen LogP contribution in [-0.4, -0.2) is 60.0 Å². The Morgan fingerprint density at radius 1 is 1.29 bits per heavy atom. The van der Waals surface area contributed by atoms with Crippen molar-refractivity contribution in [2.75, 3.05) is 33.2 Å². The Morgan fingerprint density at radius 2 is 1.86 bits per heavy atom. The first-order chi connectivity index (χ1) is 6.59. The number of carbonyl (C=O) groups is 2. The van der Waals surface area contributed by atoms with Crippen LogP contribution in [0.4, 0.5) is 0 Å². The lowest BCUT2D eigenvalue weighted by Crippen LogP contribution is -2.39. The van der Waals surface area contributed by atoms with Crippen molar-refractivity contribution in [3.05, 3.63) is 0 Å². The zero-order valence-corrected chi connectivity index (χ0v) is 8.40. The largest absolute Gasteiger partial charge is 0.480 e. The molecule has 1 N–H and O–H groups in total. The van der Waals surface area contributed by atoms with E-state index >= 15 is 0 Å². The molecule has 1 saturated heterocycles. The van der Waals surface area contributed by atoms with Crippen molar-refractivity contribution < 1.29 is 14.7 Å². The summed E-state index contributed by atoms with van der Waals surface area (Å²) in [5.41, 5.74) is 0. The fraction of sp³-hybridized carbons (Fsp3) is 0.778. The summed E-state index contributed by atoms with van der Waals surface area (Å²) in [6, 6.07) is 0. The molecule has 5 nitrogen and oxygen atoms in total. The van der Waals surface area contributed by atoms with Gasteiger partial charge in [-0.25, -0.2) is 0 Å². The van der Waals surface area contributed by atoms with Crippen molar-refractivity contribution in [3.63, 3.8) is 0 Å². The second-order valence-electron chi connectivity index (χ2n) is 3.65. The molecule has 0 aromatic heterocycles. The molecule has 0 bridgehead atoms. The molecule has 0 aromatic carbocycles. The quantitative estimate of drug-likeness (QED) is 0.672. The molecule has 1 aliphatic rings. The van der Waals surface area contributed by atoms with Gasteiger partial charge in [0.05, 0.1) is 13.1 Å². The average molecular weight is 200 g/mol. The molecule has 1 heterocycles. The van der Waals surface area contributed by atoms with Crippen molar-refractivity contribution in [2.24, 2.45) is 0 Å². The molecule has 1 fully saturated rings. The summed E-state index contributed by atoms with van der Waals surface area (Å²) >= 11 is 0. The van der Waals surface area contributed by atoms with Gasteiger partial charge in [0.15, 0.2) is 0 Å². The highest BCUT2D eigenvalue weighted by molar-refractivity contribution is 5.79. The first kappa shape index (κ1) is 11.0. The van der Waals surface area contributed by atoms with E-state index in [-0.39, 0.29) is 19.0 Å². The Bertz CT molecular complexity index is 224. The summed E-state index contributed by atoms with van der Waals surface area (Å²) < 4.78 is 0. The summed E-state index contributed by atoms with van der Waals surface area (Å²) in [6.45, 7) is 1.76. The molecular weight excluding hydrogens is 184 g/mol. The molecule has 5 heteroatoms. The standard InChI is InChI=1S/C9H16N2O3/c1-10(7-9(13)14)6-8(12)11-4-2-3-5-11/h2-7H2,1H3,(H,13,14). The number of rotatable bonds is 4. The topological polar surface area (TPSA) is 60.9 Å². The Labute approximate surface area is 83.3 Å². The molecule has 0 aliphatic carbocycles. The number of hydrogen-bond donors (Lipinski definition) is 1. The molecule has 0 saturated carbocycles. The molecule has 14 heavy (non-hydrogen) atoms. The van der Waals surface area contributed by atoms with Crippen LogP contribution in [0.5, 0.6) is 0 Å². The number of aliphatic carboxylic acids is 1. The van der Waals surface area contributed by atoms with E-state index in [0.717, 1.165) is 25.9 Å². The Hall–Kier alpha value is -1.10. The lowest BCUT2D eigenvalue weighted by atomic mass is 10.4. The van der Waals surface area contributed by atoms with E-state index in [1.54, 1.807) is 11.9 Å². The summed E-state index contributed by atoms with van der Waals surface area (Å²) in [5, 5.41) is 8.50. The van der Waals surface area contributed by atoms with Gasteiger partial charge in [0.2, 0.25) is 5.91 Å². The van der Waals surface area contributed by atoms with Crippen LogP contribution in [0.15, 0.2) is 0 Å². The van der Waals surface area contributed by atoms with Crippen LogP contribution in [-0.2, 0) is 9.59 Å². The summed E-state index contributed by atoms with van der Waals surface area (Å²) in [4.78, 5) is 25.2. The van der Waals surface area contributed by atoms with Gasteiger partial charge in [0.1, 0.15) is 0 Å². The van der Waals surface area contributed by atoms with Gasteiger partial charge < -0.3 is 10.0 Å². The highest BCUT2D eigenvalue weighted by Crippen LogP contribution is 2.07. The second kappa shape index (κ2) is 4.95. The monoisotopic (exact) mass is 200 g/mol. The van der Waals surface area contributed by atoms with Crippen LogP contribution in [0, 0.1) is 0 Å². The maximum absolute atomic E-state index is 11.5. The van der Waals surface area contributed by atoms with Crippen molar-refractivity contribution in [3.8, 4) is 0 Å². The zero-order chi connectivity index (χ0) is 10.6. The van der Waals surface area contributed by atoms with Gasteiger partial charge in [-0.1, -0.05) is 0 Å². The van der Waals surface area contributed by atoms with Crippen molar-refractivity contribution in [1.82, 2.24) is 9.80 Å². The van der Waals surface area contributed by atoms with Gasteiger partial charge in [0, 0.05) is 13.1 Å². The molecule has 80 valence electrons. The van der Waals surface area contributed by atoms with Crippen molar-refractivity contribution in [2.45, 2.75) is 12.8 Å². The van der Waals surface area contributed by atoms with Gasteiger partial charge in [-0.05, 0) is 19.9 Å². The third kappa shape index (κ3) is 3.33. The summed E-state index contributed by atoms with van der Waals surface area (Å²) in [6.07, 6.45) is 2.13. The lowest BCUT2D eigenvalue weighted by Gasteiger charge is -2.19. The Kier molecular flexibility index (Phi) is 3.88. The minimum Gasteiger partial charge on any atom is -0.480 e. The van der Waals surface area contributed by atoms with Gasteiger partial charge >= 0.3 is 5.97 Å². The van der Waals surface area contributed by atoms with Gasteiger partial charge in [-0.15, -0.1) is 0 Å². The van der Waals surface area contributed by atoms with Crippen LogP contribution in [0.2, 0.25) is 0 Å². The smallest absolute Gasteiger partial charge is 0.317 e. The molecular formula is C9H16N2O3. The summed E-state index contributed by atoms with van der Waals surface area (Å²) in [7, 11) is 1.64. The molecule has 1 amide bonds. The van der Waals surface area contributed by atoms with Gasteiger partial charge in [0.25, 0.3) is 0 Å². The van der Waals surface area contributed by atoms with E-state index in [9.17, 15) is 9.59 Å². The molecule has 0 aromatic rings. The fourth-order valence-corrected chi connectivity index (χ4v) is 1.58. The highest BCUT2D eigenvalue weighted by atomic mass is 16.4. The van der Waals surface area contributed by atoms with Crippen LogP contribution < -0.4 is 0 Å². The number of amides is 1. The maximum Gasteiger partial charge on any atom is 0.317 e. The minimum atomic E-state index is -0.901. The number of carboxylic acid groups (broad SMARTS) is 1. The predicted molar refractivity (Wildman–Crippen MR) is 50.9 cm³/mol. The van der Waals surface area contributed by atoms with Gasteiger partial charge in [-0.3, -0.25) is 14.5 Å². The Balaban J connectivity index is 2.28. The van der Waals surface area contributed by atoms with Gasteiger partial charge in [-0.2, -0.15) is 0 Å². The molecule has 0 atom stereocenters.